The fourth-order valence-electron chi connectivity index (χ4n) is 5.86. The van der Waals surface area contributed by atoms with E-state index in [1.165, 1.54) is 19.3 Å². The predicted molar refractivity (Wildman–Crippen MR) is 101 cm³/mol. The van der Waals surface area contributed by atoms with E-state index in [2.05, 4.69) is 10.6 Å². The maximum atomic E-state index is 13.2. The SMILES string of the molecule is CCOCCCNC(=O)C(NC(=O)C12CC3CC(CC(C3)C1)C2)C(C)C. The van der Waals surface area contributed by atoms with Crippen molar-refractivity contribution < 1.29 is 14.3 Å². The minimum atomic E-state index is -0.442. The van der Waals surface area contributed by atoms with E-state index in [1.807, 2.05) is 20.8 Å². The first-order valence-electron chi connectivity index (χ1n) is 10.6. The van der Waals surface area contributed by atoms with Gasteiger partial charge in [-0.3, -0.25) is 9.59 Å². The Hall–Kier alpha value is -1.10. The second-order valence-electron chi connectivity index (χ2n) is 9.23. The molecule has 5 heteroatoms. The summed E-state index contributed by atoms with van der Waals surface area (Å²) in [6.07, 6.45) is 7.86. The van der Waals surface area contributed by atoms with Crippen molar-refractivity contribution in [2.45, 2.75) is 71.8 Å². The molecule has 4 rings (SSSR count). The van der Waals surface area contributed by atoms with Crippen molar-refractivity contribution in [2.75, 3.05) is 19.8 Å². The fourth-order valence-corrected chi connectivity index (χ4v) is 5.86. The van der Waals surface area contributed by atoms with Gasteiger partial charge in [0, 0.05) is 25.2 Å². The Labute approximate surface area is 158 Å². The van der Waals surface area contributed by atoms with E-state index in [0.29, 0.717) is 19.8 Å². The first-order valence-corrected chi connectivity index (χ1v) is 10.6. The molecule has 2 amide bonds. The first kappa shape index (κ1) is 19.7. The van der Waals surface area contributed by atoms with Gasteiger partial charge in [0.15, 0.2) is 0 Å². The topological polar surface area (TPSA) is 67.4 Å². The van der Waals surface area contributed by atoms with Crippen LogP contribution in [-0.2, 0) is 14.3 Å². The van der Waals surface area contributed by atoms with Crippen LogP contribution in [-0.4, -0.2) is 37.6 Å². The van der Waals surface area contributed by atoms with Crippen LogP contribution < -0.4 is 10.6 Å². The maximum absolute atomic E-state index is 13.2. The van der Waals surface area contributed by atoms with E-state index < -0.39 is 6.04 Å². The van der Waals surface area contributed by atoms with Crippen LogP contribution in [0.2, 0.25) is 0 Å². The lowest BCUT2D eigenvalue weighted by molar-refractivity contribution is -0.149. The number of rotatable bonds is 9. The third kappa shape index (κ3) is 4.24. The van der Waals surface area contributed by atoms with Crippen LogP contribution in [0.3, 0.4) is 0 Å². The van der Waals surface area contributed by atoms with Crippen LogP contribution in [0.5, 0.6) is 0 Å². The third-order valence-corrected chi connectivity index (χ3v) is 6.72. The van der Waals surface area contributed by atoms with Crippen LogP contribution in [0.1, 0.15) is 65.7 Å². The van der Waals surface area contributed by atoms with Crippen molar-refractivity contribution in [2.24, 2.45) is 29.1 Å². The van der Waals surface area contributed by atoms with Gasteiger partial charge in [-0.1, -0.05) is 13.8 Å². The molecule has 0 aromatic heterocycles. The summed E-state index contributed by atoms with van der Waals surface area (Å²) in [6, 6.07) is -0.442. The average molecular weight is 365 g/mol. The molecule has 4 aliphatic carbocycles. The molecule has 0 aliphatic heterocycles. The van der Waals surface area contributed by atoms with Crippen molar-refractivity contribution >= 4 is 11.8 Å². The molecule has 0 heterocycles. The Balaban J connectivity index is 1.56. The number of ether oxygens (including phenoxy) is 1. The smallest absolute Gasteiger partial charge is 0.242 e. The second-order valence-corrected chi connectivity index (χ2v) is 9.23. The molecule has 0 spiro atoms. The van der Waals surface area contributed by atoms with E-state index in [9.17, 15) is 9.59 Å². The minimum absolute atomic E-state index is 0.0606. The Kier molecular flexibility index (Phi) is 6.26. The van der Waals surface area contributed by atoms with E-state index in [4.69, 9.17) is 4.74 Å². The zero-order valence-corrected chi connectivity index (χ0v) is 16.7. The second kappa shape index (κ2) is 8.28. The highest BCUT2D eigenvalue weighted by Crippen LogP contribution is 2.60. The highest BCUT2D eigenvalue weighted by atomic mass is 16.5. The van der Waals surface area contributed by atoms with Gasteiger partial charge in [-0.15, -0.1) is 0 Å². The zero-order valence-electron chi connectivity index (χ0n) is 16.7. The summed E-state index contributed by atoms with van der Waals surface area (Å²) in [7, 11) is 0. The van der Waals surface area contributed by atoms with Gasteiger partial charge in [-0.25, -0.2) is 0 Å². The largest absolute Gasteiger partial charge is 0.382 e. The lowest BCUT2D eigenvalue weighted by atomic mass is 9.49. The van der Waals surface area contributed by atoms with Gasteiger partial charge in [-0.05, 0) is 75.5 Å². The molecular formula is C21H36N2O3. The molecule has 1 atom stereocenters. The molecule has 0 aromatic carbocycles. The molecule has 4 aliphatic rings. The number of hydrogen-bond donors (Lipinski definition) is 2. The molecule has 0 aromatic rings. The van der Waals surface area contributed by atoms with Crippen LogP contribution >= 0.6 is 0 Å². The number of amides is 2. The molecule has 5 nitrogen and oxygen atoms in total. The summed E-state index contributed by atoms with van der Waals surface area (Å²) in [6.45, 7) is 7.92. The quantitative estimate of drug-likeness (QED) is 0.618. The molecule has 148 valence electrons. The van der Waals surface area contributed by atoms with Gasteiger partial charge < -0.3 is 15.4 Å². The van der Waals surface area contributed by atoms with Gasteiger partial charge in [0.05, 0.1) is 0 Å². The van der Waals surface area contributed by atoms with Crippen LogP contribution in [0, 0.1) is 29.1 Å². The molecule has 0 radical (unpaired) electrons. The average Bonchev–Trinajstić information content (AvgIpc) is 2.57. The Bertz CT molecular complexity index is 482. The minimum Gasteiger partial charge on any atom is -0.382 e. The molecule has 0 saturated heterocycles. The monoisotopic (exact) mass is 364 g/mol. The lowest BCUT2D eigenvalue weighted by Gasteiger charge is -2.55. The number of carbonyl (C=O) groups excluding carboxylic acids is 2. The van der Waals surface area contributed by atoms with Crippen LogP contribution in [0.25, 0.3) is 0 Å². The Morgan fingerprint density at radius 1 is 1.08 bits per heavy atom. The summed E-state index contributed by atoms with van der Waals surface area (Å²) >= 11 is 0. The summed E-state index contributed by atoms with van der Waals surface area (Å²) in [5.74, 6) is 2.36. The first-order chi connectivity index (χ1) is 12.4. The molecule has 4 saturated carbocycles. The highest BCUT2D eigenvalue weighted by molar-refractivity contribution is 5.90. The number of carbonyl (C=O) groups is 2. The molecule has 4 fully saturated rings. The van der Waals surface area contributed by atoms with Gasteiger partial charge in [-0.2, -0.15) is 0 Å². The van der Waals surface area contributed by atoms with E-state index in [1.54, 1.807) is 0 Å². The van der Waals surface area contributed by atoms with Crippen molar-refractivity contribution in [3.05, 3.63) is 0 Å². The van der Waals surface area contributed by atoms with Crippen LogP contribution in [0.15, 0.2) is 0 Å². The number of hydrogen-bond acceptors (Lipinski definition) is 3. The highest BCUT2D eigenvalue weighted by Gasteiger charge is 2.55. The predicted octanol–water partition coefficient (Wildman–Crippen LogP) is 2.89. The van der Waals surface area contributed by atoms with Crippen molar-refractivity contribution in [1.82, 2.24) is 10.6 Å². The molecule has 2 N–H and O–H groups in total. The van der Waals surface area contributed by atoms with E-state index in [-0.39, 0.29) is 23.1 Å². The third-order valence-electron chi connectivity index (χ3n) is 6.72. The van der Waals surface area contributed by atoms with Gasteiger partial charge in [0.1, 0.15) is 6.04 Å². The standard InChI is InChI=1S/C21H36N2O3/c1-4-26-7-5-6-22-19(24)18(14(2)3)23-20(25)21-11-15-8-16(12-21)10-17(9-15)13-21/h14-18H,4-13H2,1-3H3,(H,22,24)(H,23,25). The molecule has 26 heavy (non-hydrogen) atoms. The van der Waals surface area contributed by atoms with Gasteiger partial charge in [0.25, 0.3) is 0 Å². The zero-order chi connectivity index (χ0) is 18.7. The van der Waals surface area contributed by atoms with Crippen molar-refractivity contribution in [3.63, 3.8) is 0 Å². The van der Waals surface area contributed by atoms with Gasteiger partial charge in [0.2, 0.25) is 11.8 Å². The summed E-state index contributed by atoms with van der Waals surface area (Å²) in [5, 5.41) is 6.11. The summed E-state index contributed by atoms with van der Waals surface area (Å²) in [4.78, 5) is 25.8. The van der Waals surface area contributed by atoms with Crippen molar-refractivity contribution in [3.8, 4) is 0 Å². The Morgan fingerprint density at radius 3 is 2.15 bits per heavy atom. The van der Waals surface area contributed by atoms with E-state index >= 15 is 0 Å². The van der Waals surface area contributed by atoms with Gasteiger partial charge >= 0.3 is 0 Å². The lowest BCUT2D eigenvalue weighted by Crippen LogP contribution is -2.58. The molecule has 1 unspecified atom stereocenters. The summed E-state index contributed by atoms with van der Waals surface area (Å²) in [5.41, 5.74) is -0.197. The Morgan fingerprint density at radius 2 is 1.65 bits per heavy atom. The fraction of sp³-hybridized carbons (Fsp3) is 0.905. The normalized spacial score (nSPS) is 33.3. The molecule has 4 bridgehead atoms. The molecular weight excluding hydrogens is 328 g/mol. The van der Waals surface area contributed by atoms with E-state index in [0.717, 1.165) is 43.4 Å². The van der Waals surface area contributed by atoms with Crippen LogP contribution in [0.4, 0.5) is 0 Å². The number of nitrogens with one attached hydrogen (secondary N) is 2. The maximum Gasteiger partial charge on any atom is 0.242 e. The van der Waals surface area contributed by atoms with Crippen molar-refractivity contribution in [1.29, 1.82) is 0 Å². The summed E-state index contributed by atoms with van der Waals surface area (Å²) < 4.78 is 5.30.